The summed E-state index contributed by atoms with van der Waals surface area (Å²) in [4.78, 5) is 27.0. The molecule has 1 atom stereocenters. The van der Waals surface area contributed by atoms with Gasteiger partial charge in [-0.1, -0.05) is 54.6 Å². The van der Waals surface area contributed by atoms with Crippen molar-refractivity contribution in [2.75, 3.05) is 19.4 Å². The van der Waals surface area contributed by atoms with Crippen LogP contribution >= 0.6 is 0 Å². The Kier molecular flexibility index (Phi) is 6.30. The molecule has 3 rings (SSSR count). The van der Waals surface area contributed by atoms with E-state index >= 15 is 0 Å². The van der Waals surface area contributed by atoms with Crippen molar-refractivity contribution in [1.82, 2.24) is 4.90 Å². The molecule has 1 unspecified atom stereocenters. The van der Waals surface area contributed by atoms with Crippen LogP contribution in [0.4, 0.5) is 5.69 Å². The fourth-order valence-corrected chi connectivity index (χ4v) is 3.28. The number of rotatable bonds is 7. The zero-order valence-electron chi connectivity index (χ0n) is 17.0. The number of hydrogen-bond donors (Lipinski definition) is 3. The van der Waals surface area contributed by atoms with Crippen LogP contribution in [0.3, 0.4) is 0 Å². The topological polar surface area (TPSA) is 95.7 Å². The van der Waals surface area contributed by atoms with Gasteiger partial charge in [0.1, 0.15) is 0 Å². The standard InChI is InChI=1S/C24H25N3O3/c1-27(2)16-17-11-13-21(14-12-17)26-22(28)18-7-6-10-20(15-18)24(30,23(25)29)19-8-4-3-5-9-19/h3-15,30H,16H2,1-2H3,(H2,25,29)(H,26,28). The van der Waals surface area contributed by atoms with E-state index in [1.807, 2.05) is 38.4 Å². The predicted molar refractivity (Wildman–Crippen MR) is 117 cm³/mol. The van der Waals surface area contributed by atoms with Gasteiger partial charge in [-0.05, 0) is 55.1 Å². The van der Waals surface area contributed by atoms with Crippen molar-refractivity contribution in [3.8, 4) is 0 Å². The maximum Gasteiger partial charge on any atom is 0.258 e. The molecule has 6 nitrogen and oxygen atoms in total. The number of aliphatic hydroxyl groups is 1. The fourth-order valence-electron chi connectivity index (χ4n) is 3.28. The van der Waals surface area contributed by atoms with Crippen molar-refractivity contribution in [1.29, 1.82) is 0 Å². The minimum absolute atomic E-state index is 0.232. The van der Waals surface area contributed by atoms with Crippen molar-refractivity contribution >= 4 is 17.5 Å². The van der Waals surface area contributed by atoms with Gasteiger partial charge >= 0.3 is 0 Å². The van der Waals surface area contributed by atoms with Gasteiger partial charge in [-0.2, -0.15) is 0 Å². The Bertz CT molecular complexity index is 1030. The molecule has 3 aromatic carbocycles. The molecule has 2 amide bonds. The van der Waals surface area contributed by atoms with Crippen LogP contribution in [0, 0.1) is 0 Å². The zero-order chi connectivity index (χ0) is 21.7. The van der Waals surface area contributed by atoms with E-state index in [1.54, 1.807) is 48.5 Å². The van der Waals surface area contributed by atoms with Crippen LogP contribution in [-0.2, 0) is 16.9 Å². The number of nitrogens with zero attached hydrogens (tertiary/aromatic N) is 1. The van der Waals surface area contributed by atoms with Crippen molar-refractivity contribution in [3.05, 3.63) is 101 Å². The second kappa shape index (κ2) is 8.90. The van der Waals surface area contributed by atoms with Crippen molar-refractivity contribution in [3.63, 3.8) is 0 Å². The first-order valence-corrected chi connectivity index (χ1v) is 9.54. The van der Waals surface area contributed by atoms with Gasteiger partial charge in [0, 0.05) is 17.8 Å². The summed E-state index contributed by atoms with van der Waals surface area (Å²) >= 11 is 0. The van der Waals surface area contributed by atoms with E-state index in [0.717, 1.165) is 12.1 Å². The summed E-state index contributed by atoms with van der Waals surface area (Å²) in [5.41, 5.74) is 6.17. The molecule has 154 valence electrons. The third-order valence-corrected chi connectivity index (χ3v) is 4.80. The van der Waals surface area contributed by atoms with Crippen LogP contribution in [0.1, 0.15) is 27.0 Å². The van der Waals surface area contributed by atoms with E-state index in [0.29, 0.717) is 16.8 Å². The van der Waals surface area contributed by atoms with Crippen molar-refractivity contribution < 1.29 is 14.7 Å². The molecule has 30 heavy (non-hydrogen) atoms. The Morgan fingerprint density at radius 2 is 1.57 bits per heavy atom. The highest BCUT2D eigenvalue weighted by Gasteiger charge is 2.38. The van der Waals surface area contributed by atoms with Crippen LogP contribution in [-0.4, -0.2) is 35.9 Å². The molecule has 0 aliphatic carbocycles. The number of anilines is 1. The van der Waals surface area contributed by atoms with E-state index in [2.05, 4.69) is 10.2 Å². The Morgan fingerprint density at radius 1 is 0.933 bits per heavy atom. The summed E-state index contributed by atoms with van der Waals surface area (Å²) in [7, 11) is 3.98. The van der Waals surface area contributed by atoms with E-state index in [4.69, 9.17) is 5.73 Å². The van der Waals surface area contributed by atoms with Crippen molar-refractivity contribution in [2.24, 2.45) is 5.73 Å². The third kappa shape index (κ3) is 4.56. The van der Waals surface area contributed by atoms with Gasteiger partial charge in [0.05, 0.1) is 0 Å². The fraction of sp³-hybridized carbons (Fsp3) is 0.167. The molecule has 0 fully saturated rings. The van der Waals surface area contributed by atoms with Gasteiger partial charge < -0.3 is 21.1 Å². The number of carbonyl (C=O) groups is 2. The molecular formula is C24H25N3O3. The van der Waals surface area contributed by atoms with Gasteiger partial charge in [-0.15, -0.1) is 0 Å². The van der Waals surface area contributed by atoms with Crippen LogP contribution < -0.4 is 11.1 Å². The molecule has 0 heterocycles. The molecule has 0 radical (unpaired) electrons. The Hall–Kier alpha value is -3.48. The smallest absolute Gasteiger partial charge is 0.258 e. The largest absolute Gasteiger partial charge is 0.372 e. The van der Waals surface area contributed by atoms with Gasteiger partial charge in [-0.25, -0.2) is 0 Å². The van der Waals surface area contributed by atoms with E-state index in [-0.39, 0.29) is 11.5 Å². The lowest BCUT2D eigenvalue weighted by Crippen LogP contribution is -2.42. The highest BCUT2D eigenvalue weighted by molar-refractivity contribution is 6.04. The van der Waals surface area contributed by atoms with Gasteiger partial charge in [-0.3, -0.25) is 9.59 Å². The first kappa shape index (κ1) is 21.2. The number of nitrogens with one attached hydrogen (secondary N) is 1. The lowest BCUT2D eigenvalue weighted by molar-refractivity contribution is -0.133. The van der Waals surface area contributed by atoms with Crippen molar-refractivity contribution in [2.45, 2.75) is 12.1 Å². The number of amides is 2. The molecule has 4 N–H and O–H groups in total. The predicted octanol–water partition coefficient (Wildman–Crippen LogP) is 2.72. The SMILES string of the molecule is CN(C)Cc1ccc(NC(=O)c2cccc(C(O)(C(N)=O)c3ccccc3)c2)cc1. The van der Waals surface area contributed by atoms with E-state index < -0.39 is 11.5 Å². The first-order valence-electron chi connectivity index (χ1n) is 9.54. The molecule has 0 aromatic heterocycles. The molecule has 3 aromatic rings. The minimum atomic E-state index is -2.04. The zero-order valence-corrected chi connectivity index (χ0v) is 17.0. The summed E-state index contributed by atoms with van der Waals surface area (Å²) in [6.45, 7) is 0.807. The molecule has 0 saturated carbocycles. The van der Waals surface area contributed by atoms with E-state index in [1.165, 1.54) is 6.07 Å². The molecule has 0 bridgehead atoms. The van der Waals surface area contributed by atoms with Crippen LogP contribution in [0.2, 0.25) is 0 Å². The summed E-state index contributed by atoms with van der Waals surface area (Å²) in [6, 6.07) is 22.3. The molecule has 0 aliphatic heterocycles. The maximum atomic E-state index is 12.7. The average molecular weight is 403 g/mol. The second-order valence-corrected chi connectivity index (χ2v) is 7.41. The molecule has 0 saturated heterocycles. The summed E-state index contributed by atoms with van der Waals surface area (Å²) in [5, 5.41) is 14.0. The molecule has 6 heteroatoms. The Balaban J connectivity index is 1.85. The quantitative estimate of drug-likeness (QED) is 0.565. The van der Waals surface area contributed by atoms with Gasteiger partial charge in [0.15, 0.2) is 5.60 Å². The summed E-state index contributed by atoms with van der Waals surface area (Å²) < 4.78 is 0. The Morgan fingerprint density at radius 3 is 2.17 bits per heavy atom. The summed E-state index contributed by atoms with van der Waals surface area (Å²) in [6.07, 6.45) is 0. The molecule has 0 aliphatic rings. The number of primary amides is 1. The van der Waals surface area contributed by atoms with Crippen LogP contribution in [0.25, 0.3) is 0 Å². The number of hydrogen-bond acceptors (Lipinski definition) is 4. The third-order valence-electron chi connectivity index (χ3n) is 4.80. The minimum Gasteiger partial charge on any atom is -0.372 e. The first-order chi connectivity index (χ1) is 14.3. The normalized spacial score (nSPS) is 12.9. The lowest BCUT2D eigenvalue weighted by Gasteiger charge is -2.26. The Labute approximate surface area is 176 Å². The molecular weight excluding hydrogens is 378 g/mol. The van der Waals surface area contributed by atoms with Gasteiger partial charge in [0.25, 0.3) is 11.8 Å². The van der Waals surface area contributed by atoms with Gasteiger partial charge in [0.2, 0.25) is 0 Å². The highest BCUT2D eigenvalue weighted by Crippen LogP contribution is 2.30. The summed E-state index contributed by atoms with van der Waals surface area (Å²) in [5.74, 6) is -1.26. The number of benzene rings is 3. The van der Waals surface area contributed by atoms with Crippen LogP contribution in [0.15, 0.2) is 78.9 Å². The van der Waals surface area contributed by atoms with Crippen LogP contribution in [0.5, 0.6) is 0 Å². The molecule has 0 spiro atoms. The average Bonchev–Trinajstić information content (AvgIpc) is 2.74. The number of nitrogens with two attached hydrogens (primary N) is 1. The maximum absolute atomic E-state index is 12.7. The highest BCUT2D eigenvalue weighted by atomic mass is 16.3. The number of carbonyl (C=O) groups excluding carboxylic acids is 2. The second-order valence-electron chi connectivity index (χ2n) is 7.41. The monoisotopic (exact) mass is 403 g/mol. The lowest BCUT2D eigenvalue weighted by atomic mass is 9.85. The van der Waals surface area contributed by atoms with E-state index in [9.17, 15) is 14.7 Å².